The molecule has 3 aromatic rings. The van der Waals surface area contributed by atoms with Crippen LogP contribution >= 0.6 is 0 Å². The van der Waals surface area contributed by atoms with E-state index in [-0.39, 0.29) is 17.7 Å². The van der Waals surface area contributed by atoms with Gasteiger partial charge in [0.25, 0.3) is 5.91 Å². The maximum absolute atomic E-state index is 12.5. The van der Waals surface area contributed by atoms with Gasteiger partial charge in [-0.25, -0.2) is 0 Å². The van der Waals surface area contributed by atoms with Gasteiger partial charge in [-0.05, 0) is 48.9 Å². The number of hydrogen-bond acceptors (Lipinski definition) is 4. The van der Waals surface area contributed by atoms with E-state index < -0.39 is 6.04 Å². The van der Waals surface area contributed by atoms with Crippen LogP contribution in [0, 0.1) is 0 Å². The molecule has 0 bridgehead atoms. The Morgan fingerprint density at radius 1 is 1.00 bits per heavy atom. The lowest BCUT2D eigenvalue weighted by molar-refractivity contribution is -0.119. The lowest BCUT2D eigenvalue weighted by atomic mass is 10.1. The maximum atomic E-state index is 12.5. The van der Waals surface area contributed by atoms with Crippen molar-refractivity contribution < 1.29 is 14.4 Å². The van der Waals surface area contributed by atoms with Crippen LogP contribution in [0.4, 0.5) is 11.4 Å². The van der Waals surface area contributed by atoms with Gasteiger partial charge < -0.3 is 16.0 Å². The van der Waals surface area contributed by atoms with E-state index in [0.29, 0.717) is 23.5 Å². The van der Waals surface area contributed by atoms with Crippen molar-refractivity contribution in [2.24, 2.45) is 0 Å². The van der Waals surface area contributed by atoms with E-state index in [1.165, 1.54) is 6.92 Å². The van der Waals surface area contributed by atoms with Crippen molar-refractivity contribution in [3.63, 3.8) is 0 Å². The largest absolute Gasteiger partial charge is 0.352 e. The number of nitrogens with zero attached hydrogens (tertiary/aromatic N) is 2. The van der Waals surface area contributed by atoms with E-state index in [4.69, 9.17) is 0 Å². The van der Waals surface area contributed by atoms with Crippen molar-refractivity contribution in [2.45, 2.75) is 26.4 Å². The van der Waals surface area contributed by atoms with Crippen molar-refractivity contribution in [1.29, 1.82) is 0 Å². The predicted octanol–water partition coefficient (Wildman–Crippen LogP) is 2.97. The highest BCUT2D eigenvalue weighted by atomic mass is 16.2. The minimum atomic E-state index is -0.464. The third kappa shape index (κ3) is 5.54. The fourth-order valence-electron chi connectivity index (χ4n) is 2.76. The van der Waals surface area contributed by atoms with Crippen LogP contribution < -0.4 is 16.0 Å². The Bertz CT molecular complexity index is 1030. The monoisotopic (exact) mass is 405 g/mol. The molecular weight excluding hydrogens is 382 g/mol. The minimum absolute atomic E-state index is 0.109. The van der Waals surface area contributed by atoms with E-state index in [1.54, 1.807) is 78.6 Å². The van der Waals surface area contributed by atoms with Gasteiger partial charge in [0.05, 0.1) is 0 Å². The first-order chi connectivity index (χ1) is 14.4. The Hall–Kier alpha value is -3.94. The molecule has 0 aliphatic rings. The Morgan fingerprint density at radius 2 is 1.70 bits per heavy atom. The molecule has 1 heterocycles. The van der Waals surface area contributed by atoms with Gasteiger partial charge in [-0.15, -0.1) is 0 Å². The summed E-state index contributed by atoms with van der Waals surface area (Å²) in [5, 5.41) is 12.4. The molecule has 0 aliphatic heterocycles. The zero-order valence-electron chi connectivity index (χ0n) is 16.8. The van der Waals surface area contributed by atoms with E-state index >= 15 is 0 Å². The third-order valence-corrected chi connectivity index (χ3v) is 4.45. The van der Waals surface area contributed by atoms with Crippen LogP contribution in [-0.2, 0) is 16.1 Å². The fourth-order valence-corrected chi connectivity index (χ4v) is 2.76. The molecule has 30 heavy (non-hydrogen) atoms. The second-order valence-corrected chi connectivity index (χ2v) is 6.79. The number of hydrogen-bond donors (Lipinski definition) is 3. The summed E-state index contributed by atoms with van der Waals surface area (Å²) in [5.74, 6) is -0.589. The van der Waals surface area contributed by atoms with Crippen molar-refractivity contribution in [1.82, 2.24) is 15.1 Å². The van der Waals surface area contributed by atoms with E-state index in [0.717, 1.165) is 5.56 Å². The first-order valence-corrected chi connectivity index (χ1v) is 9.47. The third-order valence-electron chi connectivity index (χ3n) is 4.45. The van der Waals surface area contributed by atoms with Crippen LogP contribution in [0.15, 0.2) is 67.0 Å². The second-order valence-electron chi connectivity index (χ2n) is 6.79. The highest BCUT2D eigenvalue weighted by Crippen LogP contribution is 2.18. The van der Waals surface area contributed by atoms with Crippen LogP contribution in [0.3, 0.4) is 0 Å². The molecule has 1 aromatic heterocycles. The zero-order chi connectivity index (χ0) is 21.5. The molecule has 3 rings (SSSR count). The lowest BCUT2D eigenvalue weighted by Gasteiger charge is -2.13. The Morgan fingerprint density at radius 3 is 2.33 bits per heavy atom. The first-order valence-electron chi connectivity index (χ1n) is 9.47. The molecule has 0 spiro atoms. The normalized spacial score (nSPS) is 11.4. The molecule has 3 N–H and O–H groups in total. The molecule has 0 saturated carbocycles. The molecule has 8 heteroatoms. The number of carbonyl (C=O) groups is 3. The summed E-state index contributed by atoms with van der Waals surface area (Å²) in [6.45, 7) is 3.62. The minimum Gasteiger partial charge on any atom is -0.352 e. The van der Waals surface area contributed by atoms with Gasteiger partial charge in [0.15, 0.2) is 0 Å². The summed E-state index contributed by atoms with van der Waals surface area (Å²) in [6, 6.07) is 15.2. The summed E-state index contributed by atoms with van der Waals surface area (Å²) in [4.78, 5) is 35.9. The van der Waals surface area contributed by atoms with Crippen LogP contribution in [0.5, 0.6) is 0 Å². The SMILES string of the molecule is CC(=O)NCc1ccc(C(=O)Nc2cccc(NC(=O)[C@@H](C)n3cccn3)c2)cc1. The Kier molecular flexibility index (Phi) is 6.59. The molecule has 154 valence electrons. The summed E-state index contributed by atoms with van der Waals surface area (Å²) < 4.78 is 1.57. The van der Waals surface area contributed by atoms with Gasteiger partial charge in [0, 0.05) is 42.8 Å². The molecule has 1 atom stereocenters. The van der Waals surface area contributed by atoms with Crippen molar-refractivity contribution in [3.8, 4) is 0 Å². The van der Waals surface area contributed by atoms with Gasteiger partial charge in [0.1, 0.15) is 6.04 Å². The van der Waals surface area contributed by atoms with Crippen molar-refractivity contribution >= 4 is 29.1 Å². The van der Waals surface area contributed by atoms with Crippen LogP contribution in [-0.4, -0.2) is 27.5 Å². The molecule has 0 aliphatic carbocycles. The van der Waals surface area contributed by atoms with Gasteiger partial charge in [-0.3, -0.25) is 19.1 Å². The molecule has 8 nitrogen and oxygen atoms in total. The molecule has 0 saturated heterocycles. The predicted molar refractivity (Wildman–Crippen MR) is 114 cm³/mol. The van der Waals surface area contributed by atoms with Gasteiger partial charge in [-0.2, -0.15) is 5.10 Å². The van der Waals surface area contributed by atoms with E-state index in [9.17, 15) is 14.4 Å². The first kappa shape index (κ1) is 20.8. The van der Waals surface area contributed by atoms with E-state index in [1.807, 2.05) is 0 Å². The summed E-state index contributed by atoms with van der Waals surface area (Å²) in [7, 11) is 0. The number of nitrogens with one attached hydrogen (secondary N) is 3. The summed E-state index contributed by atoms with van der Waals surface area (Å²) in [5.41, 5.74) is 2.52. The fraction of sp³-hybridized carbons (Fsp3) is 0.182. The van der Waals surface area contributed by atoms with Crippen LogP contribution in [0.25, 0.3) is 0 Å². The molecule has 0 unspecified atom stereocenters. The molecule has 0 radical (unpaired) electrons. The number of benzene rings is 2. The average Bonchev–Trinajstić information content (AvgIpc) is 3.27. The van der Waals surface area contributed by atoms with Crippen molar-refractivity contribution in [3.05, 3.63) is 78.1 Å². The summed E-state index contributed by atoms with van der Waals surface area (Å²) >= 11 is 0. The highest BCUT2D eigenvalue weighted by Gasteiger charge is 2.15. The zero-order valence-corrected chi connectivity index (χ0v) is 16.8. The van der Waals surface area contributed by atoms with Gasteiger partial charge in [-0.1, -0.05) is 18.2 Å². The van der Waals surface area contributed by atoms with Gasteiger partial charge in [0.2, 0.25) is 11.8 Å². The van der Waals surface area contributed by atoms with E-state index in [2.05, 4.69) is 21.0 Å². The highest BCUT2D eigenvalue weighted by molar-refractivity contribution is 6.04. The standard InChI is InChI=1S/C22H23N5O3/c1-15(27-12-4-11-24-27)21(29)25-19-5-3-6-20(13-19)26-22(30)18-9-7-17(8-10-18)14-23-16(2)28/h3-13,15H,14H2,1-2H3,(H,23,28)(H,25,29)(H,26,30)/t15-/m1/s1. The number of rotatable bonds is 7. The number of aromatic nitrogens is 2. The maximum Gasteiger partial charge on any atom is 0.255 e. The molecule has 2 aromatic carbocycles. The quantitative estimate of drug-likeness (QED) is 0.562. The average molecular weight is 405 g/mol. The van der Waals surface area contributed by atoms with Gasteiger partial charge >= 0.3 is 0 Å². The smallest absolute Gasteiger partial charge is 0.255 e. The van der Waals surface area contributed by atoms with Crippen LogP contribution in [0.1, 0.15) is 35.8 Å². The molecular formula is C22H23N5O3. The Balaban J connectivity index is 1.61. The Labute approximate surface area is 174 Å². The van der Waals surface area contributed by atoms with Crippen LogP contribution in [0.2, 0.25) is 0 Å². The number of anilines is 2. The molecule has 3 amide bonds. The van der Waals surface area contributed by atoms with Crippen molar-refractivity contribution in [2.75, 3.05) is 10.6 Å². The number of carbonyl (C=O) groups excluding carboxylic acids is 3. The number of amides is 3. The lowest BCUT2D eigenvalue weighted by Crippen LogP contribution is -2.24. The molecule has 0 fully saturated rings. The summed E-state index contributed by atoms with van der Waals surface area (Å²) in [6.07, 6.45) is 3.34. The second kappa shape index (κ2) is 9.51. The topological polar surface area (TPSA) is 105 Å².